The molecule has 35 heavy (non-hydrogen) atoms. The van der Waals surface area contributed by atoms with Gasteiger partial charge in [0, 0.05) is 12.8 Å². The molecule has 0 aliphatic heterocycles. The zero-order chi connectivity index (χ0) is 27.0. The number of ketones is 3. The molecule has 5 atom stereocenters. The number of rotatable bonds is 15. The van der Waals surface area contributed by atoms with Gasteiger partial charge in [-0.1, -0.05) is 20.3 Å². The monoisotopic (exact) mass is 497 g/mol. The molecule has 11 heteroatoms. The molecular weight excluding hydrogens is 454 g/mol. The second-order valence-electron chi connectivity index (χ2n) is 9.76. The summed E-state index contributed by atoms with van der Waals surface area (Å²) in [7, 11) is 0. The lowest BCUT2D eigenvalue weighted by Crippen LogP contribution is -2.71. The second kappa shape index (κ2) is 13.2. The van der Waals surface area contributed by atoms with Crippen molar-refractivity contribution < 1.29 is 28.7 Å². The average Bonchev–Trinajstić information content (AvgIpc) is 3.11. The van der Waals surface area contributed by atoms with Crippen LogP contribution in [0.25, 0.3) is 0 Å². The molecule has 5 unspecified atom stereocenters. The summed E-state index contributed by atoms with van der Waals surface area (Å²) in [5.41, 5.74) is 19.7. The zero-order valence-corrected chi connectivity index (χ0v) is 21.4. The number of carbonyl (C=O) groups is 5. The normalized spacial score (nSPS) is 25.7. The predicted octanol–water partition coefficient (Wildman–Crippen LogP) is -0.683. The molecule has 0 spiro atoms. The number of ether oxygens (including phenoxy) is 1. The quantitative estimate of drug-likeness (QED) is 0.109. The van der Waals surface area contributed by atoms with Gasteiger partial charge in [0.05, 0.1) is 25.2 Å². The molecule has 0 aromatic carbocycles. The van der Waals surface area contributed by atoms with Crippen LogP contribution in [0.4, 0.5) is 0 Å². The Morgan fingerprint density at radius 3 is 2.23 bits per heavy atom. The maximum Gasteiger partial charge on any atom is 0.327 e. The average molecular weight is 498 g/mol. The SMILES string of the molecule is CCOC(=O)C1(N)CCC(C(=O)C(CC(C)C)NC(C)=O)C1(C(=O)CN)C(=O)C(N)CCCCN. The third kappa shape index (κ3) is 6.32. The van der Waals surface area contributed by atoms with Crippen LogP contribution in [0.3, 0.4) is 0 Å². The van der Waals surface area contributed by atoms with Crippen LogP contribution in [0.2, 0.25) is 0 Å². The summed E-state index contributed by atoms with van der Waals surface area (Å²) in [4.78, 5) is 66.5. The predicted molar refractivity (Wildman–Crippen MR) is 131 cm³/mol. The van der Waals surface area contributed by atoms with Crippen LogP contribution in [0, 0.1) is 17.3 Å². The molecule has 0 aromatic heterocycles. The van der Waals surface area contributed by atoms with E-state index in [1.807, 2.05) is 13.8 Å². The highest BCUT2D eigenvalue weighted by Gasteiger charge is 2.72. The standard InChI is InChI=1S/C24H43N5O6/c1-5-35-22(34)23(28)10-9-16(20(32)18(12-14(2)3)29-15(4)30)24(23,19(31)13-26)21(33)17(27)8-6-7-11-25/h14,16-18H,5-13,25-28H2,1-4H3,(H,29,30). The second-order valence-corrected chi connectivity index (χ2v) is 9.76. The Balaban J connectivity index is 3.75. The number of Topliss-reactive ketones (excluding diaryl/α,β-unsaturated/α-hetero) is 3. The van der Waals surface area contributed by atoms with Crippen LogP contribution < -0.4 is 28.3 Å². The number of hydrogen-bond acceptors (Lipinski definition) is 10. The van der Waals surface area contributed by atoms with Crippen LogP contribution in [0.5, 0.6) is 0 Å². The number of carbonyl (C=O) groups excluding carboxylic acids is 5. The molecular formula is C24H43N5O6. The van der Waals surface area contributed by atoms with Crippen molar-refractivity contribution >= 4 is 29.2 Å². The van der Waals surface area contributed by atoms with Crippen molar-refractivity contribution in [3.05, 3.63) is 0 Å². The number of nitrogens with one attached hydrogen (secondary N) is 1. The van der Waals surface area contributed by atoms with Gasteiger partial charge in [0.1, 0.15) is 11.0 Å². The highest BCUT2D eigenvalue weighted by molar-refractivity contribution is 6.18. The Labute approximate surface area is 207 Å². The third-order valence-corrected chi connectivity index (χ3v) is 6.78. The summed E-state index contributed by atoms with van der Waals surface area (Å²) in [6.45, 7) is 6.32. The summed E-state index contributed by atoms with van der Waals surface area (Å²) >= 11 is 0. The minimum Gasteiger partial charge on any atom is -0.465 e. The molecule has 1 fully saturated rings. The van der Waals surface area contributed by atoms with Gasteiger partial charge in [-0.3, -0.25) is 24.0 Å². The van der Waals surface area contributed by atoms with E-state index >= 15 is 0 Å². The molecule has 11 nitrogen and oxygen atoms in total. The molecule has 9 N–H and O–H groups in total. The minimum atomic E-state index is -2.30. The van der Waals surface area contributed by atoms with Crippen LogP contribution >= 0.6 is 0 Å². The Morgan fingerprint density at radius 2 is 1.74 bits per heavy atom. The summed E-state index contributed by atoms with van der Waals surface area (Å²) in [5.74, 6) is -4.87. The Hall–Kier alpha value is -2.21. The molecule has 0 radical (unpaired) electrons. The van der Waals surface area contributed by atoms with Crippen molar-refractivity contribution in [3.63, 3.8) is 0 Å². The van der Waals surface area contributed by atoms with Gasteiger partial charge in [0.2, 0.25) is 5.91 Å². The van der Waals surface area contributed by atoms with E-state index in [9.17, 15) is 24.0 Å². The largest absolute Gasteiger partial charge is 0.465 e. The van der Waals surface area contributed by atoms with Crippen molar-refractivity contribution in [1.29, 1.82) is 0 Å². The molecule has 1 aliphatic carbocycles. The van der Waals surface area contributed by atoms with E-state index in [4.69, 9.17) is 27.7 Å². The lowest BCUT2D eigenvalue weighted by atomic mass is 9.58. The molecule has 0 saturated heterocycles. The molecule has 1 amide bonds. The maximum atomic E-state index is 14.0. The van der Waals surface area contributed by atoms with Gasteiger partial charge in [0.15, 0.2) is 17.3 Å². The van der Waals surface area contributed by atoms with E-state index in [-0.39, 0.29) is 38.2 Å². The Morgan fingerprint density at radius 1 is 1.11 bits per heavy atom. The summed E-state index contributed by atoms with van der Waals surface area (Å²) in [6, 6.07) is -2.15. The van der Waals surface area contributed by atoms with E-state index in [1.165, 1.54) is 6.92 Å². The Bertz CT molecular complexity index is 803. The third-order valence-electron chi connectivity index (χ3n) is 6.78. The molecule has 1 rings (SSSR count). The first kappa shape index (κ1) is 30.8. The lowest BCUT2D eigenvalue weighted by molar-refractivity contribution is -0.166. The molecule has 0 aromatic rings. The van der Waals surface area contributed by atoms with Gasteiger partial charge < -0.3 is 33.0 Å². The fourth-order valence-electron chi connectivity index (χ4n) is 5.25. The summed E-state index contributed by atoms with van der Waals surface area (Å²) in [6.07, 6.45) is 1.39. The maximum absolute atomic E-state index is 14.0. The first-order valence-corrected chi connectivity index (χ1v) is 12.3. The van der Waals surface area contributed by atoms with Gasteiger partial charge >= 0.3 is 5.97 Å². The van der Waals surface area contributed by atoms with Crippen molar-refractivity contribution in [2.24, 2.45) is 40.2 Å². The Kier molecular flexibility index (Phi) is 11.6. The van der Waals surface area contributed by atoms with Crippen LogP contribution in [0.15, 0.2) is 0 Å². The molecule has 0 bridgehead atoms. The van der Waals surface area contributed by atoms with E-state index in [0.717, 1.165) is 0 Å². The van der Waals surface area contributed by atoms with Crippen LogP contribution in [0.1, 0.15) is 66.2 Å². The molecule has 200 valence electrons. The van der Waals surface area contributed by atoms with Crippen LogP contribution in [-0.4, -0.2) is 66.5 Å². The first-order chi connectivity index (χ1) is 16.3. The fourth-order valence-corrected chi connectivity index (χ4v) is 5.25. The first-order valence-electron chi connectivity index (χ1n) is 12.3. The van der Waals surface area contributed by atoms with Gasteiger partial charge in [0.25, 0.3) is 0 Å². The number of nitrogens with two attached hydrogens (primary N) is 4. The van der Waals surface area contributed by atoms with Gasteiger partial charge in [-0.15, -0.1) is 0 Å². The highest BCUT2D eigenvalue weighted by Crippen LogP contribution is 2.53. The van der Waals surface area contributed by atoms with Crippen molar-refractivity contribution in [2.75, 3.05) is 19.7 Å². The van der Waals surface area contributed by atoms with Crippen molar-refractivity contribution in [1.82, 2.24) is 5.32 Å². The smallest absolute Gasteiger partial charge is 0.327 e. The van der Waals surface area contributed by atoms with Crippen LogP contribution in [-0.2, 0) is 28.7 Å². The fraction of sp³-hybridized carbons (Fsp3) is 0.792. The molecule has 1 saturated carbocycles. The lowest BCUT2D eigenvalue weighted by Gasteiger charge is -2.43. The molecule has 0 heterocycles. The number of esters is 1. The van der Waals surface area contributed by atoms with E-state index < -0.39 is 64.7 Å². The van der Waals surface area contributed by atoms with Crippen molar-refractivity contribution in [3.8, 4) is 0 Å². The number of amides is 1. The highest BCUT2D eigenvalue weighted by atomic mass is 16.5. The van der Waals surface area contributed by atoms with Gasteiger partial charge in [-0.25, -0.2) is 0 Å². The number of hydrogen-bond donors (Lipinski definition) is 5. The van der Waals surface area contributed by atoms with E-state index in [2.05, 4.69) is 5.32 Å². The topological polar surface area (TPSA) is 211 Å². The number of unbranched alkanes of at least 4 members (excludes halogenated alkanes) is 1. The molecule has 1 aliphatic rings. The summed E-state index contributed by atoms with van der Waals surface area (Å²) < 4.78 is 5.18. The van der Waals surface area contributed by atoms with E-state index in [1.54, 1.807) is 6.92 Å². The summed E-state index contributed by atoms with van der Waals surface area (Å²) in [5, 5.41) is 2.63. The van der Waals surface area contributed by atoms with Gasteiger partial charge in [-0.05, 0) is 51.5 Å². The minimum absolute atomic E-state index is 0.0127. The van der Waals surface area contributed by atoms with Gasteiger partial charge in [-0.2, -0.15) is 0 Å². The zero-order valence-electron chi connectivity index (χ0n) is 21.4. The van der Waals surface area contributed by atoms with Crippen molar-refractivity contribution in [2.45, 2.75) is 83.8 Å². The van der Waals surface area contributed by atoms with E-state index in [0.29, 0.717) is 19.4 Å².